The predicted molar refractivity (Wildman–Crippen MR) is 111 cm³/mol. The Kier molecular flexibility index (Phi) is 5.18. The third kappa shape index (κ3) is 4.14. The minimum absolute atomic E-state index is 0.123. The van der Waals surface area contributed by atoms with Crippen LogP contribution in [0.4, 0.5) is 19.6 Å². The van der Waals surface area contributed by atoms with Crippen LogP contribution in [0.25, 0.3) is 10.2 Å². The molecule has 0 unspecified atom stereocenters. The molecule has 6 nitrogen and oxygen atoms in total. The lowest BCUT2D eigenvalue weighted by Gasteiger charge is -2.09. The minimum Gasteiger partial charge on any atom is -0.298 e. The maximum absolute atomic E-state index is 13.8. The van der Waals surface area contributed by atoms with Crippen LogP contribution in [0.1, 0.15) is 10.4 Å². The maximum Gasteiger partial charge on any atom is 0.264 e. The second-order valence-electron chi connectivity index (χ2n) is 6.20. The molecule has 0 radical (unpaired) electrons. The number of amides is 1. The number of anilines is 2. The average Bonchev–Trinajstić information content (AvgIpc) is 3.11. The molecule has 2 N–H and O–H groups in total. The Labute approximate surface area is 174 Å². The Morgan fingerprint density at radius 3 is 2.50 bits per heavy atom. The van der Waals surface area contributed by atoms with Gasteiger partial charge in [-0.2, -0.15) is 0 Å². The van der Waals surface area contributed by atoms with E-state index in [9.17, 15) is 22.0 Å². The third-order valence-corrected chi connectivity index (χ3v) is 6.43. The largest absolute Gasteiger partial charge is 0.298 e. The van der Waals surface area contributed by atoms with Crippen LogP contribution >= 0.6 is 11.3 Å². The van der Waals surface area contributed by atoms with Gasteiger partial charge in [-0.25, -0.2) is 22.2 Å². The summed E-state index contributed by atoms with van der Waals surface area (Å²) >= 11 is 1.22. The van der Waals surface area contributed by atoms with E-state index >= 15 is 0 Å². The van der Waals surface area contributed by atoms with Gasteiger partial charge >= 0.3 is 0 Å². The summed E-state index contributed by atoms with van der Waals surface area (Å²) in [6.07, 6.45) is 0. The van der Waals surface area contributed by atoms with Crippen LogP contribution in [-0.2, 0) is 10.0 Å². The number of thiazole rings is 1. The Morgan fingerprint density at radius 1 is 0.967 bits per heavy atom. The maximum atomic E-state index is 13.8. The Bertz CT molecular complexity index is 1360. The fraction of sp³-hybridized carbons (Fsp3) is 0. The number of nitrogens with zero attached hydrogens (tertiary/aromatic N) is 1. The lowest BCUT2D eigenvalue weighted by Crippen LogP contribution is -2.14. The fourth-order valence-electron chi connectivity index (χ4n) is 2.70. The first kappa shape index (κ1) is 19.9. The summed E-state index contributed by atoms with van der Waals surface area (Å²) in [6, 6.07) is 15.3. The second kappa shape index (κ2) is 7.81. The highest BCUT2D eigenvalue weighted by atomic mass is 32.2. The van der Waals surface area contributed by atoms with Gasteiger partial charge in [0.25, 0.3) is 15.9 Å². The number of benzene rings is 3. The highest BCUT2D eigenvalue weighted by Gasteiger charge is 2.20. The smallest absolute Gasteiger partial charge is 0.264 e. The molecule has 152 valence electrons. The molecule has 0 aliphatic rings. The molecule has 1 amide bonds. The van der Waals surface area contributed by atoms with Crippen LogP contribution in [-0.4, -0.2) is 19.3 Å². The SMILES string of the molecule is O=C(Nc1nc2cc(NS(=O)(=O)c3cc(F)ccc3F)ccc2s1)c1ccccc1. The van der Waals surface area contributed by atoms with Crippen LogP contribution in [0.3, 0.4) is 0 Å². The van der Waals surface area contributed by atoms with Gasteiger partial charge in [0.1, 0.15) is 16.5 Å². The molecule has 0 atom stereocenters. The number of nitrogens with one attached hydrogen (secondary N) is 2. The van der Waals surface area contributed by atoms with E-state index in [1.54, 1.807) is 36.4 Å². The zero-order valence-electron chi connectivity index (χ0n) is 15.1. The summed E-state index contributed by atoms with van der Waals surface area (Å²) in [5.41, 5.74) is 1.03. The van der Waals surface area contributed by atoms with Crippen LogP contribution in [0.2, 0.25) is 0 Å². The van der Waals surface area contributed by atoms with Gasteiger partial charge in [0.2, 0.25) is 0 Å². The Balaban J connectivity index is 1.58. The second-order valence-corrected chi connectivity index (χ2v) is 8.88. The van der Waals surface area contributed by atoms with Crippen LogP contribution in [0, 0.1) is 11.6 Å². The molecular formula is C20H13F2N3O3S2. The van der Waals surface area contributed by atoms with Crippen molar-refractivity contribution in [1.29, 1.82) is 0 Å². The fourth-order valence-corrected chi connectivity index (χ4v) is 4.68. The van der Waals surface area contributed by atoms with Crippen molar-refractivity contribution in [3.8, 4) is 0 Å². The van der Waals surface area contributed by atoms with Crippen molar-refractivity contribution in [1.82, 2.24) is 4.98 Å². The number of fused-ring (bicyclic) bond motifs is 1. The number of carbonyl (C=O) groups is 1. The number of hydrogen-bond acceptors (Lipinski definition) is 5. The van der Waals surface area contributed by atoms with Crippen molar-refractivity contribution in [2.45, 2.75) is 4.90 Å². The molecule has 4 rings (SSSR count). The predicted octanol–water partition coefficient (Wildman–Crippen LogP) is 4.63. The van der Waals surface area contributed by atoms with Crippen molar-refractivity contribution in [3.63, 3.8) is 0 Å². The quantitative estimate of drug-likeness (QED) is 0.469. The molecule has 0 bridgehead atoms. The van der Waals surface area contributed by atoms with E-state index < -0.39 is 26.6 Å². The number of aromatic nitrogens is 1. The van der Waals surface area contributed by atoms with Crippen molar-refractivity contribution in [2.75, 3.05) is 10.0 Å². The van der Waals surface area contributed by atoms with Gasteiger partial charge in [-0.1, -0.05) is 29.5 Å². The first-order valence-electron chi connectivity index (χ1n) is 8.57. The lowest BCUT2D eigenvalue weighted by atomic mass is 10.2. The number of carbonyl (C=O) groups excluding carboxylic acids is 1. The molecular weight excluding hydrogens is 432 g/mol. The molecule has 0 aliphatic carbocycles. The van der Waals surface area contributed by atoms with Gasteiger partial charge in [-0.05, 0) is 48.5 Å². The summed E-state index contributed by atoms with van der Waals surface area (Å²) < 4.78 is 55.0. The first-order valence-corrected chi connectivity index (χ1v) is 10.9. The van der Waals surface area contributed by atoms with Gasteiger partial charge in [-0.15, -0.1) is 0 Å². The average molecular weight is 445 g/mol. The van der Waals surface area contributed by atoms with E-state index in [2.05, 4.69) is 15.0 Å². The molecule has 3 aromatic carbocycles. The van der Waals surface area contributed by atoms with Gasteiger partial charge in [0, 0.05) is 5.56 Å². The summed E-state index contributed by atoms with van der Waals surface area (Å²) in [5.74, 6) is -2.26. The van der Waals surface area contributed by atoms with E-state index in [-0.39, 0.29) is 11.6 Å². The van der Waals surface area contributed by atoms with Gasteiger partial charge < -0.3 is 0 Å². The van der Waals surface area contributed by atoms with Crippen molar-refractivity contribution >= 4 is 48.3 Å². The topological polar surface area (TPSA) is 88.2 Å². The molecule has 4 aromatic rings. The van der Waals surface area contributed by atoms with Crippen molar-refractivity contribution in [3.05, 3.63) is 83.9 Å². The molecule has 30 heavy (non-hydrogen) atoms. The summed E-state index contributed by atoms with van der Waals surface area (Å²) in [4.78, 5) is 15.8. The van der Waals surface area contributed by atoms with E-state index in [1.807, 2.05) is 0 Å². The molecule has 0 fully saturated rings. The van der Waals surface area contributed by atoms with Gasteiger partial charge in [0.05, 0.1) is 15.9 Å². The zero-order chi connectivity index (χ0) is 21.3. The first-order chi connectivity index (χ1) is 14.3. The van der Waals surface area contributed by atoms with Crippen LogP contribution < -0.4 is 10.0 Å². The Morgan fingerprint density at radius 2 is 1.73 bits per heavy atom. The van der Waals surface area contributed by atoms with Crippen molar-refractivity contribution in [2.24, 2.45) is 0 Å². The molecule has 0 aliphatic heterocycles. The molecule has 10 heteroatoms. The normalized spacial score (nSPS) is 11.4. The monoisotopic (exact) mass is 445 g/mol. The summed E-state index contributed by atoms with van der Waals surface area (Å²) in [5, 5.41) is 3.04. The molecule has 0 spiro atoms. The number of sulfonamides is 1. The molecule has 1 heterocycles. The zero-order valence-corrected chi connectivity index (χ0v) is 16.7. The van der Waals surface area contributed by atoms with E-state index in [1.165, 1.54) is 23.5 Å². The highest BCUT2D eigenvalue weighted by Crippen LogP contribution is 2.29. The summed E-state index contributed by atoms with van der Waals surface area (Å²) in [7, 11) is -4.34. The van der Waals surface area contributed by atoms with Gasteiger partial charge in [-0.3, -0.25) is 14.8 Å². The van der Waals surface area contributed by atoms with Crippen LogP contribution in [0.5, 0.6) is 0 Å². The van der Waals surface area contributed by atoms with E-state index in [4.69, 9.17) is 0 Å². The van der Waals surface area contributed by atoms with Crippen LogP contribution in [0.15, 0.2) is 71.6 Å². The highest BCUT2D eigenvalue weighted by molar-refractivity contribution is 7.92. The van der Waals surface area contributed by atoms with Crippen molar-refractivity contribution < 1.29 is 22.0 Å². The van der Waals surface area contributed by atoms with E-state index in [0.29, 0.717) is 27.0 Å². The third-order valence-electron chi connectivity index (χ3n) is 4.08. The summed E-state index contributed by atoms with van der Waals surface area (Å²) in [6.45, 7) is 0. The van der Waals surface area contributed by atoms with Gasteiger partial charge in [0.15, 0.2) is 5.13 Å². The molecule has 0 saturated carbocycles. The number of hydrogen-bond donors (Lipinski definition) is 2. The lowest BCUT2D eigenvalue weighted by molar-refractivity contribution is 0.102. The standard InChI is InChI=1S/C20H13F2N3O3S2/c21-13-6-8-15(22)18(10-13)30(27,28)25-14-7-9-17-16(11-14)23-20(29-17)24-19(26)12-4-2-1-3-5-12/h1-11,25H,(H,23,24,26). The number of rotatable bonds is 5. The van der Waals surface area contributed by atoms with E-state index in [0.717, 1.165) is 12.1 Å². The minimum atomic E-state index is -4.34. The molecule has 1 aromatic heterocycles. The molecule has 0 saturated heterocycles. The Hall–Kier alpha value is -3.37. The number of halogens is 2.